The number of carbonyl (C=O) groups is 2. The van der Waals surface area contributed by atoms with E-state index in [0.29, 0.717) is 43.4 Å². The first kappa shape index (κ1) is 17.7. The van der Waals surface area contributed by atoms with Crippen LogP contribution in [0.1, 0.15) is 39.5 Å². The van der Waals surface area contributed by atoms with Crippen molar-refractivity contribution in [3.63, 3.8) is 0 Å². The van der Waals surface area contributed by atoms with E-state index in [1.165, 1.54) is 0 Å². The smallest absolute Gasteiger partial charge is 0.334 e. The summed E-state index contributed by atoms with van der Waals surface area (Å²) in [6.45, 7) is 4.60. The van der Waals surface area contributed by atoms with Gasteiger partial charge >= 0.3 is 11.9 Å². The molecule has 26 heavy (non-hydrogen) atoms. The van der Waals surface area contributed by atoms with E-state index in [-0.39, 0.29) is 30.4 Å². The maximum atomic E-state index is 12.3. The van der Waals surface area contributed by atoms with Crippen LogP contribution in [0.5, 0.6) is 0 Å². The number of ether oxygens (including phenoxy) is 2. The molecule has 2 aliphatic heterocycles. The minimum absolute atomic E-state index is 0.0687. The van der Waals surface area contributed by atoms with E-state index in [1.807, 2.05) is 6.92 Å². The molecule has 4 aliphatic rings. The molecule has 0 bridgehead atoms. The first-order valence-electron chi connectivity index (χ1n) is 9.39. The zero-order valence-corrected chi connectivity index (χ0v) is 15.2. The number of esters is 2. The van der Waals surface area contributed by atoms with Crippen molar-refractivity contribution < 1.29 is 29.3 Å². The van der Waals surface area contributed by atoms with E-state index < -0.39 is 23.0 Å². The molecule has 0 aromatic heterocycles. The fourth-order valence-electron chi connectivity index (χ4n) is 5.86. The highest BCUT2D eigenvalue weighted by Crippen LogP contribution is 2.64. The molecule has 2 fully saturated rings. The molecule has 2 N–H and O–H groups in total. The van der Waals surface area contributed by atoms with Gasteiger partial charge in [0.05, 0.1) is 12.2 Å². The minimum Gasteiger partial charge on any atom is -0.461 e. The summed E-state index contributed by atoms with van der Waals surface area (Å²) in [4.78, 5) is 24.1. The molecule has 1 saturated heterocycles. The molecule has 2 aliphatic carbocycles. The van der Waals surface area contributed by atoms with Crippen molar-refractivity contribution in [3.8, 4) is 0 Å². The molecule has 6 heteroatoms. The summed E-state index contributed by atoms with van der Waals surface area (Å²) in [7, 11) is 0. The Balaban J connectivity index is 1.71. The third kappa shape index (κ3) is 2.31. The molecular formula is C20H26O6. The summed E-state index contributed by atoms with van der Waals surface area (Å²) in [6.07, 6.45) is 4.42. The van der Waals surface area contributed by atoms with Crippen molar-refractivity contribution >= 4 is 11.9 Å². The van der Waals surface area contributed by atoms with Crippen molar-refractivity contribution in [2.45, 2.75) is 51.7 Å². The van der Waals surface area contributed by atoms with Crippen molar-refractivity contribution in [2.24, 2.45) is 22.7 Å². The van der Waals surface area contributed by atoms with E-state index in [9.17, 15) is 19.8 Å². The number of hydrogen-bond acceptors (Lipinski definition) is 6. The average molecular weight is 362 g/mol. The van der Waals surface area contributed by atoms with Crippen LogP contribution in [0.2, 0.25) is 0 Å². The van der Waals surface area contributed by atoms with Crippen molar-refractivity contribution in [1.29, 1.82) is 0 Å². The van der Waals surface area contributed by atoms with Gasteiger partial charge in [-0.2, -0.15) is 0 Å². The van der Waals surface area contributed by atoms with E-state index in [4.69, 9.17) is 9.47 Å². The zero-order valence-electron chi connectivity index (χ0n) is 15.2. The summed E-state index contributed by atoms with van der Waals surface area (Å²) >= 11 is 0. The van der Waals surface area contributed by atoms with Gasteiger partial charge in [-0.25, -0.2) is 9.59 Å². The SMILES string of the molecule is CC1C(O)CC23COC(=O)C2=CCC(O)C3C1(C)CCC1=CCOC1=O. The highest BCUT2D eigenvalue weighted by atomic mass is 16.5. The molecule has 0 aromatic rings. The molecule has 6 nitrogen and oxygen atoms in total. The maximum absolute atomic E-state index is 12.3. The topological polar surface area (TPSA) is 93.1 Å². The highest BCUT2D eigenvalue weighted by Gasteiger charge is 2.65. The van der Waals surface area contributed by atoms with E-state index >= 15 is 0 Å². The predicted octanol–water partition coefficient (Wildman–Crippen LogP) is 1.51. The first-order valence-corrected chi connectivity index (χ1v) is 9.39. The largest absolute Gasteiger partial charge is 0.461 e. The maximum Gasteiger partial charge on any atom is 0.334 e. The Bertz CT molecular complexity index is 709. The molecule has 0 amide bonds. The predicted molar refractivity (Wildman–Crippen MR) is 91.8 cm³/mol. The van der Waals surface area contributed by atoms with Gasteiger partial charge in [0.1, 0.15) is 13.2 Å². The summed E-state index contributed by atoms with van der Waals surface area (Å²) < 4.78 is 10.4. The lowest BCUT2D eigenvalue weighted by Gasteiger charge is -2.59. The monoisotopic (exact) mass is 362 g/mol. The van der Waals surface area contributed by atoms with Gasteiger partial charge in [0.15, 0.2) is 0 Å². The Kier molecular flexibility index (Phi) is 4.04. The Labute approximate surface area is 152 Å². The van der Waals surface area contributed by atoms with Gasteiger partial charge in [-0.15, -0.1) is 0 Å². The lowest BCUT2D eigenvalue weighted by atomic mass is 9.45. The van der Waals surface area contributed by atoms with Gasteiger partial charge in [0, 0.05) is 22.5 Å². The van der Waals surface area contributed by atoms with Crippen molar-refractivity contribution in [2.75, 3.05) is 13.2 Å². The van der Waals surface area contributed by atoms with Crippen LogP contribution in [0, 0.1) is 22.7 Å². The second-order valence-corrected chi connectivity index (χ2v) is 8.52. The van der Waals surface area contributed by atoms with Crippen molar-refractivity contribution in [3.05, 3.63) is 23.3 Å². The molecule has 1 spiro atoms. The summed E-state index contributed by atoms with van der Waals surface area (Å²) in [6, 6.07) is 0. The van der Waals surface area contributed by atoms with Crippen LogP contribution in [0.4, 0.5) is 0 Å². The standard InChI is InChI=1S/C20H26O6/c1-11-15(22)9-20-10-26-18(24)13(20)3-4-14(21)16(20)19(11,2)7-5-12-6-8-25-17(12)23/h3,6,11,14-16,21-22H,4-5,7-10H2,1-2H3. The number of aliphatic hydroxyl groups excluding tert-OH is 2. The van der Waals surface area contributed by atoms with Crippen molar-refractivity contribution in [1.82, 2.24) is 0 Å². The molecular weight excluding hydrogens is 336 g/mol. The minimum atomic E-state index is -0.639. The lowest BCUT2D eigenvalue weighted by Crippen LogP contribution is -2.60. The number of hydrogen-bond donors (Lipinski definition) is 2. The molecule has 0 aromatic carbocycles. The zero-order chi connectivity index (χ0) is 18.7. The fraction of sp³-hybridized carbons (Fsp3) is 0.700. The summed E-state index contributed by atoms with van der Waals surface area (Å²) in [5.41, 5.74) is 0.200. The van der Waals surface area contributed by atoms with Gasteiger partial charge in [-0.05, 0) is 43.1 Å². The molecule has 142 valence electrons. The molecule has 6 unspecified atom stereocenters. The van der Waals surface area contributed by atoms with E-state index in [1.54, 1.807) is 12.2 Å². The Morgan fingerprint density at radius 1 is 1.15 bits per heavy atom. The van der Waals surface area contributed by atoms with Crippen LogP contribution in [0.15, 0.2) is 23.3 Å². The second kappa shape index (κ2) is 5.92. The van der Waals surface area contributed by atoms with Crippen LogP contribution in [-0.2, 0) is 19.1 Å². The first-order chi connectivity index (χ1) is 12.3. The quantitative estimate of drug-likeness (QED) is 0.739. The summed E-state index contributed by atoms with van der Waals surface area (Å²) in [5.74, 6) is -0.872. The van der Waals surface area contributed by atoms with Gasteiger partial charge in [0.2, 0.25) is 0 Å². The number of carbonyl (C=O) groups excluding carboxylic acids is 2. The Morgan fingerprint density at radius 2 is 1.92 bits per heavy atom. The second-order valence-electron chi connectivity index (χ2n) is 8.52. The molecule has 6 atom stereocenters. The highest BCUT2D eigenvalue weighted by molar-refractivity contribution is 5.93. The van der Waals surface area contributed by atoms with Gasteiger partial charge in [-0.1, -0.05) is 19.9 Å². The lowest BCUT2D eigenvalue weighted by molar-refractivity contribution is -0.162. The van der Waals surface area contributed by atoms with Crippen LogP contribution < -0.4 is 0 Å². The number of rotatable bonds is 3. The fourth-order valence-corrected chi connectivity index (χ4v) is 5.86. The molecule has 1 saturated carbocycles. The molecule has 0 radical (unpaired) electrons. The van der Waals surface area contributed by atoms with E-state index in [0.717, 1.165) is 0 Å². The Hall–Kier alpha value is -1.66. The Morgan fingerprint density at radius 3 is 2.62 bits per heavy atom. The van der Waals surface area contributed by atoms with Crippen LogP contribution in [-0.4, -0.2) is 47.6 Å². The third-order valence-electron chi connectivity index (χ3n) is 7.40. The van der Waals surface area contributed by atoms with Gasteiger partial charge < -0.3 is 19.7 Å². The van der Waals surface area contributed by atoms with Crippen LogP contribution >= 0.6 is 0 Å². The van der Waals surface area contributed by atoms with Gasteiger partial charge in [0.25, 0.3) is 0 Å². The van der Waals surface area contributed by atoms with E-state index in [2.05, 4.69) is 6.92 Å². The number of aliphatic hydroxyl groups is 2. The van der Waals surface area contributed by atoms with Gasteiger partial charge in [-0.3, -0.25) is 0 Å². The summed E-state index contributed by atoms with van der Waals surface area (Å²) in [5, 5.41) is 21.7. The van der Waals surface area contributed by atoms with Crippen LogP contribution in [0.3, 0.4) is 0 Å². The normalized spacial score (nSPS) is 44.6. The van der Waals surface area contributed by atoms with Crippen LogP contribution in [0.25, 0.3) is 0 Å². The molecule has 4 rings (SSSR count). The average Bonchev–Trinajstić information content (AvgIpc) is 3.14. The third-order valence-corrected chi connectivity index (χ3v) is 7.40. The number of cyclic esters (lactones) is 2. The molecule has 2 heterocycles.